The summed E-state index contributed by atoms with van der Waals surface area (Å²) < 4.78 is 31.2. The van der Waals surface area contributed by atoms with Crippen molar-refractivity contribution >= 4 is 59.9 Å². The highest BCUT2D eigenvalue weighted by atomic mass is 35.5. The van der Waals surface area contributed by atoms with Crippen LogP contribution in [0.1, 0.15) is 22.3 Å². The molecule has 39 heavy (non-hydrogen) atoms. The number of carbonyl (C=O) groups excluding carboxylic acids is 1. The van der Waals surface area contributed by atoms with E-state index < -0.39 is 10.0 Å². The van der Waals surface area contributed by atoms with Gasteiger partial charge in [0.2, 0.25) is 0 Å². The lowest BCUT2D eigenvalue weighted by molar-refractivity contribution is 0.0985. The molecule has 11 heteroatoms. The molecule has 3 aromatic carbocycles. The van der Waals surface area contributed by atoms with Crippen LogP contribution in [0.4, 0.5) is 10.8 Å². The Bertz CT molecular complexity index is 1750. The fourth-order valence-electron chi connectivity index (χ4n) is 4.74. The predicted octanol–water partition coefficient (Wildman–Crippen LogP) is 5.63. The molecule has 1 amide bonds. The number of anilines is 2. The summed E-state index contributed by atoms with van der Waals surface area (Å²) in [6, 6.07) is 21.1. The van der Waals surface area contributed by atoms with E-state index >= 15 is 0 Å². The molecule has 1 aliphatic rings. The fourth-order valence-corrected chi connectivity index (χ4v) is 7.57. The number of thiazole rings is 1. The molecule has 0 aliphatic carbocycles. The number of nitrogens with zero attached hydrogens (tertiary/aromatic N) is 5. The van der Waals surface area contributed by atoms with E-state index in [4.69, 9.17) is 11.6 Å². The second-order valence-corrected chi connectivity index (χ2v) is 12.4. The van der Waals surface area contributed by atoms with Crippen LogP contribution in [-0.4, -0.2) is 42.2 Å². The first-order valence-electron chi connectivity index (χ1n) is 12.5. The maximum atomic E-state index is 13.8. The largest absolute Gasteiger partial charge is 0.282 e. The van der Waals surface area contributed by atoms with E-state index in [0.717, 1.165) is 23.1 Å². The molecule has 0 saturated carbocycles. The Labute approximate surface area is 235 Å². The van der Waals surface area contributed by atoms with Gasteiger partial charge < -0.3 is 0 Å². The zero-order valence-corrected chi connectivity index (χ0v) is 23.2. The number of rotatable bonds is 7. The van der Waals surface area contributed by atoms with Crippen molar-refractivity contribution in [1.29, 1.82) is 0 Å². The van der Waals surface area contributed by atoms with Gasteiger partial charge in [0.05, 0.1) is 26.9 Å². The number of hydrogen-bond acceptors (Lipinski definition) is 6. The first kappa shape index (κ1) is 25.5. The predicted molar refractivity (Wildman–Crippen MR) is 154 cm³/mol. The number of carbonyl (C=O) groups is 1. The third-order valence-electron chi connectivity index (χ3n) is 6.70. The Balaban J connectivity index is 1.30. The molecule has 0 radical (unpaired) electrons. The first-order valence-corrected chi connectivity index (χ1v) is 15.1. The standard InChI is InChI=1S/C28H24ClN5O3S2/c29-23-8-3-10-25-26(23)31-28(38-25)33(19-18-32-16-5-15-30-32)27(35)21-11-13-22(14-12-21)39(36,37)34-17-4-7-20-6-1-2-9-24(20)34/h1-3,5-6,8-16H,4,7,17-19H2. The van der Waals surface area contributed by atoms with Crippen LogP contribution in [0.3, 0.4) is 0 Å². The monoisotopic (exact) mass is 577 g/mol. The van der Waals surface area contributed by atoms with Crippen molar-refractivity contribution < 1.29 is 13.2 Å². The van der Waals surface area contributed by atoms with E-state index in [1.165, 1.54) is 27.8 Å². The molecule has 3 heterocycles. The van der Waals surface area contributed by atoms with Crippen molar-refractivity contribution in [3.8, 4) is 0 Å². The Morgan fingerprint density at radius 3 is 2.62 bits per heavy atom. The molecule has 0 bridgehead atoms. The third-order valence-corrected chi connectivity index (χ3v) is 9.88. The quantitative estimate of drug-likeness (QED) is 0.250. The van der Waals surface area contributed by atoms with E-state index in [-0.39, 0.29) is 10.8 Å². The van der Waals surface area contributed by atoms with Gasteiger partial charge in [-0.3, -0.25) is 18.7 Å². The van der Waals surface area contributed by atoms with Crippen LogP contribution in [0.15, 0.2) is 90.1 Å². The minimum absolute atomic E-state index is 0.144. The molecule has 6 rings (SSSR count). The van der Waals surface area contributed by atoms with Crippen molar-refractivity contribution in [1.82, 2.24) is 14.8 Å². The average Bonchev–Trinajstić information content (AvgIpc) is 3.64. The van der Waals surface area contributed by atoms with E-state index in [1.54, 1.807) is 34.0 Å². The number of fused-ring (bicyclic) bond motifs is 2. The van der Waals surface area contributed by atoms with Gasteiger partial charge in [-0.25, -0.2) is 13.4 Å². The van der Waals surface area contributed by atoms with Crippen molar-refractivity contribution in [3.63, 3.8) is 0 Å². The number of aromatic nitrogens is 3. The van der Waals surface area contributed by atoms with E-state index in [1.807, 2.05) is 48.7 Å². The Hall–Kier alpha value is -3.73. The number of amides is 1. The van der Waals surface area contributed by atoms with Crippen molar-refractivity contribution in [3.05, 3.63) is 101 Å². The summed E-state index contributed by atoms with van der Waals surface area (Å²) >= 11 is 7.73. The molecule has 8 nitrogen and oxygen atoms in total. The summed E-state index contributed by atoms with van der Waals surface area (Å²) in [4.78, 5) is 20.2. The highest BCUT2D eigenvalue weighted by Crippen LogP contribution is 2.34. The van der Waals surface area contributed by atoms with E-state index in [9.17, 15) is 13.2 Å². The zero-order chi connectivity index (χ0) is 27.0. The van der Waals surface area contributed by atoms with Gasteiger partial charge in [-0.1, -0.05) is 47.2 Å². The van der Waals surface area contributed by atoms with Gasteiger partial charge in [0.1, 0.15) is 5.52 Å². The lowest BCUT2D eigenvalue weighted by atomic mass is 10.0. The lowest BCUT2D eigenvalue weighted by Crippen LogP contribution is -2.35. The number of benzene rings is 3. The van der Waals surface area contributed by atoms with Crippen LogP contribution in [0.2, 0.25) is 5.02 Å². The lowest BCUT2D eigenvalue weighted by Gasteiger charge is -2.30. The van der Waals surface area contributed by atoms with Crippen molar-refractivity contribution in [2.75, 3.05) is 22.3 Å². The van der Waals surface area contributed by atoms with Crippen LogP contribution >= 0.6 is 22.9 Å². The number of aryl methyl sites for hydroxylation is 1. The first-order chi connectivity index (χ1) is 18.9. The van der Waals surface area contributed by atoms with E-state index in [2.05, 4.69) is 10.1 Å². The van der Waals surface area contributed by atoms with Crippen LogP contribution in [0, 0.1) is 0 Å². The molecule has 2 aromatic heterocycles. The summed E-state index contributed by atoms with van der Waals surface area (Å²) in [5.74, 6) is -0.287. The number of sulfonamides is 1. The molecule has 0 fully saturated rings. The van der Waals surface area contributed by atoms with Gasteiger partial charge in [0.15, 0.2) is 5.13 Å². The smallest absolute Gasteiger partial charge is 0.264 e. The molecule has 0 saturated heterocycles. The van der Waals surface area contributed by atoms with Gasteiger partial charge in [0.25, 0.3) is 15.9 Å². The number of halogens is 1. The highest BCUT2D eigenvalue weighted by molar-refractivity contribution is 7.92. The van der Waals surface area contributed by atoms with Crippen LogP contribution < -0.4 is 9.21 Å². The molecule has 1 aliphatic heterocycles. The van der Waals surface area contributed by atoms with Gasteiger partial charge in [-0.2, -0.15) is 5.10 Å². The summed E-state index contributed by atoms with van der Waals surface area (Å²) in [5, 5.41) is 5.27. The topological polar surface area (TPSA) is 88.4 Å². The maximum Gasteiger partial charge on any atom is 0.264 e. The molecule has 0 spiro atoms. The number of hydrogen-bond donors (Lipinski definition) is 0. The van der Waals surface area contributed by atoms with Gasteiger partial charge in [-0.05, 0) is 66.9 Å². The molecule has 198 valence electrons. The van der Waals surface area contributed by atoms with Crippen LogP contribution in [0.25, 0.3) is 10.2 Å². The van der Waals surface area contributed by atoms with Crippen molar-refractivity contribution in [2.45, 2.75) is 24.3 Å². The second kappa shape index (κ2) is 10.4. The SMILES string of the molecule is O=C(c1ccc(S(=O)(=O)N2CCCc3ccccc32)cc1)N(CCn1cccn1)c1nc2c(Cl)cccc2s1. The van der Waals surface area contributed by atoms with Gasteiger partial charge in [0, 0.05) is 31.0 Å². The Kier molecular flexibility index (Phi) is 6.84. The summed E-state index contributed by atoms with van der Waals surface area (Å²) in [6.07, 6.45) is 5.12. The minimum Gasteiger partial charge on any atom is -0.282 e. The maximum absolute atomic E-state index is 13.8. The Morgan fingerprint density at radius 2 is 1.85 bits per heavy atom. The molecule has 5 aromatic rings. The third kappa shape index (κ3) is 4.91. The summed E-state index contributed by atoms with van der Waals surface area (Å²) in [5.41, 5.74) is 2.73. The zero-order valence-electron chi connectivity index (χ0n) is 20.8. The van der Waals surface area contributed by atoms with Gasteiger partial charge in [-0.15, -0.1) is 0 Å². The number of para-hydroxylation sites is 2. The van der Waals surface area contributed by atoms with E-state index in [0.29, 0.717) is 46.6 Å². The minimum atomic E-state index is -3.78. The van der Waals surface area contributed by atoms with Crippen LogP contribution in [0.5, 0.6) is 0 Å². The highest BCUT2D eigenvalue weighted by Gasteiger charge is 2.29. The molecule has 0 N–H and O–H groups in total. The molecular formula is C28H24ClN5O3S2. The fraction of sp³-hybridized carbons (Fsp3) is 0.179. The summed E-state index contributed by atoms with van der Waals surface area (Å²) in [6.45, 7) is 1.20. The Morgan fingerprint density at radius 1 is 1.03 bits per heavy atom. The average molecular weight is 578 g/mol. The molecular weight excluding hydrogens is 554 g/mol. The summed E-state index contributed by atoms with van der Waals surface area (Å²) in [7, 11) is -3.78. The van der Waals surface area contributed by atoms with Crippen LogP contribution in [-0.2, 0) is 23.0 Å². The molecule has 0 unspecified atom stereocenters. The second-order valence-electron chi connectivity index (χ2n) is 9.14. The van der Waals surface area contributed by atoms with Crippen molar-refractivity contribution in [2.24, 2.45) is 0 Å². The molecule has 0 atom stereocenters. The van der Waals surface area contributed by atoms with Gasteiger partial charge >= 0.3 is 0 Å². The normalized spacial score (nSPS) is 13.4.